The molecule has 1 rings (SSSR count). The van der Waals surface area contributed by atoms with Crippen LogP contribution in [0.4, 0.5) is 5.69 Å². The van der Waals surface area contributed by atoms with Crippen molar-refractivity contribution in [3.05, 3.63) is 17.5 Å². The number of carbonyl (C=O) groups excluding carboxylic acids is 1. The Kier molecular flexibility index (Phi) is 4.71. The lowest BCUT2D eigenvalue weighted by Crippen LogP contribution is -2.19. The zero-order valence-corrected chi connectivity index (χ0v) is 9.87. The molecule has 0 fully saturated rings. The predicted octanol–water partition coefficient (Wildman–Crippen LogP) is 1.39. The van der Waals surface area contributed by atoms with Gasteiger partial charge in [-0.3, -0.25) is 4.79 Å². The summed E-state index contributed by atoms with van der Waals surface area (Å²) in [6.45, 7) is 4.09. The molecule has 0 aromatic carbocycles. The quantitative estimate of drug-likeness (QED) is 0.655. The van der Waals surface area contributed by atoms with Gasteiger partial charge in [0.05, 0.1) is 5.69 Å². The van der Waals surface area contributed by atoms with Crippen LogP contribution in [-0.2, 0) is 9.53 Å². The summed E-state index contributed by atoms with van der Waals surface area (Å²) in [6.07, 6.45) is 0.830. The lowest BCUT2D eigenvalue weighted by Gasteiger charge is -2.04. The molecule has 0 unspecified atom stereocenters. The highest BCUT2D eigenvalue weighted by Gasteiger charge is 2.15. The number of hydrogen-bond acceptors (Lipinski definition) is 3. The number of nitrogens with one attached hydrogen (secondary N) is 2. The maximum Gasteiger partial charge on any atom is 0.354 e. The minimum Gasteiger partial charge on any atom is -0.477 e. The Morgan fingerprint density at radius 2 is 2.24 bits per heavy atom. The molecular weight excluding hydrogens is 224 g/mol. The number of aromatic amines is 1. The first-order valence-corrected chi connectivity index (χ1v) is 5.35. The average molecular weight is 240 g/mol. The van der Waals surface area contributed by atoms with E-state index in [9.17, 15) is 9.59 Å². The van der Waals surface area contributed by atoms with Crippen LogP contribution < -0.4 is 5.32 Å². The van der Waals surface area contributed by atoms with Crippen LogP contribution in [0.1, 0.15) is 29.5 Å². The van der Waals surface area contributed by atoms with Gasteiger partial charge in [-0.2, -0.15) is 0 Å². The average Bonchev–Trinajstić information content (AvgIpc) is 2.60. The molecule has 0 atom stereocenters. The summed E-state index contributed by atoms with van der Waals surface area (Å²) < 4.78 is 5.05. The van der Waals surface area contributed by atoms with E-state index >= 15 is 0 Å². The van der Waals surface area contributed by atoms with Crippen molar-refractivity contribution in [2.75, 3.05) is 18.5 Å². The molecule has 3 N–H and O–H groups in total. The number of amides is 1. The third-order valence-corrected chi connectivity index (χ3v) is 2.02. The largest absolute Gasteiger partial charge is 0.477 e. The summed E-state index contributed by atoms with van der Waals surface area (Å²) in [5, 5.41) is 11.4. The van der Waals surface area contributed by atoms with Crippen molar-refractivity contribution in [2.24, 2.45) is 0 Å². The minimum absolute atomic E-state index is 0.0219. The Bertz CT molecular complexity index is 412. The fraction of sp³-hybridized carbons (Fsp3) is 0.455. The Morgan fingerprint density at radius 1 is 1.53 bits per heavy atom. The van der Waals surface area contributed by atoms with Crippen molar-refractivity contribution in [2.45, 2.75) is 20.3 Å². The first-order valence-electron chi connectivity index (χ1n) is 5.35. The molecule has 1 aromatic heterocycles. The van der Waals surface area contributed by atoms with Crippen molar-refractivity contribution >= 4 is 17.6 Å². The number of ether oxygens (including phenoxy) is 1. The van der Waals surface area contributed by atoms with Gasteiger partial charge in [0.15, 0.2) is 0 Å². The van der Waals surface area contributed by atoms with E-state index in [2.05, 4.69) is 10.3 Å². The monoisotopic (exact) mass is 240 g/mol. The number of aryl methyl sites for hydroxylation is 1. The van der Waals surface area contributed by atoms with E-state index in [1.807, 2.05) is 6.92 Å². The highest BCUT2D eigenvalue weighted by Crippen LogP contribution is 2.16. The molecular formula is C11H16N2O4. The molecule has 0 spiro atoms. The zero-order chi connectivity index (χ0) is 12.8. The summed E-state index contributed by atoms with van der Waals surface area (Å²) in [5.74, 6) is -1.47. The van der Waals surface area contributed by atoms with Crippen LogP contribution in [0.15, 0.2) is 6.07 Å². The molecule has 0 aliphatic carbocycles. The topological polar surface area (TPSA) is 91.4 Å². The molecule has 6 nitrogen and oxygen atoms in total. The summed E-state index contributed by atoms with van der Waals surface area (Å²) in [5.41, 5.74) is 0.915. The number of carboxylic acids is 1. The molecule has 0 bridgehead atoms. The number of hydrogen-bond donors (Lipinski definition) is 3. The molecule has 94 valence electrons. The number of rotatable bonds is 6. The van der Waals surface area contributed by atoms with Gasteiger partial charge in [-0.25, -0.2) is 4.79 Å². The lowest BCUT2D eigenvalue weighted by molar-refractivity contribution is -0.120. The number of carboxylic acid groups (broad SMARTS) is 1. The van der Waals surface area contributed by atoms with Crippen molar-refractivity contribution in [3.63, 3.8) is 0 Å². The molecule has 0 radical (unpaired) electrons. The van der Waals surface area contributed by atoms with Gasteiger partial charge in [-0.15, -0.1) is 0 Å². The van der Waals surface area contributed by atoms with Crippen LogP contribution >= 0.6 is 0 Å². The second-order valence-electron chi connectivity index (χ2n) is 3.65. The highest BCUT2D eigenvalue weighted by atomic mass is 16.5. The standard InChI is InChI=1S/C11H16N2O4/c1-3-4-17-6-9(14)13-8-5-7(2)12-10(8)11(15)16/h5,12H,3-4,6H2,1-2H3,(H,13,14)(H,15,16). The number of H-pyrrole nitrogens is 1. The first-order chi connectivity index (χ1) is 8.04. The predicted molar refractivity (Wildman–Crippen MR) is 62.2 cm³/mol. The Labute approximate surface area is 99.0 Å². The molecule has 0 aliphatic heterocycles. The molecule has 0 saturated carbocycles. The van der Waals surface area contributed by atoms with Gasteiger partial charge in [0, 0.05) is 12.3 Å². The molecule has 6 heteroatoms. The van der Waals surface area contributed by atoms with Gasteiger partial charge in [0.25, 0.3) is 0 Å². The fourth-order valence-electron chi connectivity index (χ4n) is 1.35. The van der Waals surface area contributed by atoms with Crippen molar-refractivity contribution in [3.8, 4) is 0 Å². The summed E-state index contributed by atoms with van der Waals surface area (Å²) in [4.78, 5) is 25.0. The Balaban J connectivity index is 2.61. The fourth-order valence-corrected chi connectivity index (χ4v) is 1.35. The van der Waals surface area contributed by atoms with Crippen LogP contribution in [0.5, 0.6) is 0 Å². The van der Waals surface area contributed by atoms with E-state index in [1.54, 1.807) is 13.0 Å². The highest BCUT2D eigenvalue weighted by molar-refractivity contribution is 6.00. The van der Waals surface area contributed by atoms with E-state index in [1.165, 1.54) is 0 Å². The van der Waals surface area contributed by atoms with Gasteiger partial charge in [0.2, 0.25) is 5.91 Å². The Hall–Kier alpha value is -1.82. The van der Waals surface area contributed by atoms with Gasteiger partial charge in [-0.05, 0) is 19.4 Å². The number of anilines is 1. The van der Waals surface area contributed by atoms with Crippen LogP contribution in [0, 0.1) is 6.92 Å². The smallest absolute Gasteiger partial charge is 0.354 e. The van der Waals surface area contributed by atoms with Crippen molar-refractivity contribution in [1.29, 1.82) is 0 Å². The number of aromatic carboxylic acids is 1. The van der Waals surface area contributed by atoms with Crippen molar-refractivity contribution < 1.29 is 19.4 Å². The van der Waals surface area contributed by atoms with E-state index in [-0.39, 0.29) is 23.9 Å². The molecule has 17 heavy (non-hydrogen) atoms. The Morgan fingerprint density at radius 3 is 2.82 bits per heavy atom. The third-order valence-electron chi connectivity index (χ3n) is 2.02. The molecule has 0 saturated heterocycles. The normalized spacial score (nSPS) is 10.2. The molecule has 1 heterocycles. The maximum atomic E-state index is 11.4. The summed E-state index contributed by atoms with van der Waals surface area (Å²) >= 11 is 0. The van der Waals surface area contributed by atoms with Gasteiger partial charge >= 0.3 is 5.97 Å². The first kappa shape index (κ1) is 13.2. The summed E-state index contributed by atoms with van der Waals surface area (Å²) in [6, 6.07) is 1.57. The maximum absolute atomic E-state index is 11.4. The second-order valence-corrected chi connectivity index (χ2v) is 3.65. The SMILES string of the molecule is CCCOCC(=O)Nc1cc(C)[nH]c1C(=O)O. The lowest BCUT2D eigenvalue weighted by atomic mass is 10.3. The van der Waals surface area contributed by atoms with E-state index in [0.29, 0.717) is 12.3 Å². The van der Waals surface area contributed by atoms with Crippen LogP contribution in [-0.4, -0.2) is 35.2 Å². The number of carbonyl (C=O) groups is 2. The van der Waals surface area contributed by atoms with Crippen LogP contribution in [0.25, 0.3) is 0 Å². The minimum atomic E-state index is -1.11. The number of aromatic nitrogens is 1. The molecule has 1 aromatic rings. The van der Waals surface area contributed by atoms with Crippen LogP contribution in [0.2, 0.25) is 0 Å². The van der Waals surface area contributed by atoms with E-state index in [0.717, 1.165) is 6.42 Å². The molecule has 1 amide bonds. The molecule has 0 aliphatic rings. The third kappa shape index (κ3) is 3.92. The van der Waals surface area contributed by atoms with E-state index < -0.39 is 5.97 Å². The van der Waals surface area contributed by atoms with Gasteiger partial charge in [0.1, 0.15) is 12.3 Å². The summed E-state index contributed by atoms with van der Waals surface area (Å²) in [7, 11) is 0. The van der Waals surface area contributed by atoms with Gasteiger partial charge < -0.3 is 20.1 Å². The van der Waals surface area contributed by atoms with Crippen molar-refractivity contribution in [1.82, 2.24) is 4.98 Å². The van der Waals surface area contributed by atoms with Gasteiger partial charge in [-0.1, -0.05) is 6.92 Å². The zero-order valence-electron chi connectivity index (χ0n) is 9.87. The van der Waals surface area contributed by atoms with Crippen LogP contribution in [0.3, 0.4) is 0 Å². The van der Waals surface area contributed by atoms with E-state index in [4.69, 9.17) is 9.84 Å². The second kappa shape index (κ2) is 6.05.